The van der Waals surface area contributed by atoms with Crippen LogP contribution in [0, 0.1) is 11.7 Å². The molecule has 1 aromatic heterocycles. The highest BCUT2D eigenvalue weighted by molar-refractivity contribution is 8.03. The van der Waals surface area contributed by atoms with Gasteiger partial charge in [-0.3, -0.25) is 10.1 Å². The van der Waals surface area contributed by atoms with Gasteiger partial charge in [-0.1, -0.05) is 48.2 Å². The molecule has 34 heavy (non-hydrogen) atoms. The maximum absolute atomic E-state index is 13.8. The van der Waals surface area contributed by atoms with E-state index in [2.05, 4.69) is 17.2 Å². The Kier molecular flexibility index (Phi) is 9.32. The van der Waals surface area contributed by atoms with E-state index >= 15 is 0 Å². The van der Waals surface area contributed by atoms with Crippen LogP contribution >= 0.6 is 23.1 Å². The molecule has 0 radical (unpaired) electrons. The van der Waals surface area contributed by atoms with Crippen molar-refractivity contribution in [3.8, 4) is 0 Å². The second kappa shape index (κ2) is 12.0. The number of thioether (sulfide) groups is 1. The first-order valence-electron chi connectivity index (χ1n) is 11.4. The molecule has 2 aromatic rings. The van der Waals surface area contributed by atoms with Crippen molar-refractivity contribution < 1.29 is 23.8 Å². The number of aromatic nitrogens is 1. The number of thiazole rings is 1. The van der Waals surface area contributed by atoms with Gasteiger partial charge in [0.2, 0.25) is 0 Å². The van der Waals surface area contributed by atoms with Gasteiger partial charge in [0.15, 0.2) is 5.13 Å². The fourth-order valence-corrected chi connectivity index (χ4v) is 6.05. The molecule has 0 spiro atoms. The lowest BCUT2D eigenvalue weighted by atomic mass is 9.86. The van der Waals surface area contributed by atoms with Crippen LogP contribution < -0.4 is 5.32 Å². The molecule has 0 atom stereocenters. The molecule has 0 bridgehead atoms. The number of halogens is 1. The molecule has 1 aliphatic rings. The number of amides is 2. The molecule has 186 valence electrons. The Morgan fingerprint density at radius 3 is 2.68 bits per heavy atom. The molecule has 2 N–H and O–H groups in total. The second-order valence-corrected chi connectivity index (χ2v) is 12.0. The van der Waals surface area contributed by atoms with Gasteiger partial charge in [0, 0.05) is 18.2 Å². The third-order valence-corrected chi connectivity index (χ3v) is 8.15. The zero-order valence-corrected chi connectivity index (χ0v) is 21.4. The SMILES string of the molecule is CC(C)(Sc1cnc(NC(=O)N(CCOCc2ccccc2F)[C@H]2CC[C@H](C)CC2)s1)C(=O)O. The van der Waals surface area contributed by atoms with Crippen molar-refractivity contribution in [2.24, 2.45) is 5.92 Å². The van der Waals surface area contributed by atoms with Gasteiger partial charge in [-0.15, -0.1) is 0 Å². The van der Waals surface area contributed by atoms with Crippen LogP contribution in [-0.2, 0) is 16.1 Å². The molecule has 7 nitrogen and oxygen atoms in total. The number of ether oxygens (including phenoxy) is 1. The molecule has 0 saturated heterocycles. The fourth-order valence-electron chi connectivity index (χ4n) is 3.79. The normalized spacial score (nSPS) is 18.5. The second-order valence-electron chi connectivity index (χ2n) is 9.08. The van der Waals surface area contributed by atoms with Crippen molar-refractivity contribution in [1.29, 1.82) is 0 Å². The predicted molar refractivity (Wildman–Crippen MR) is 133 cm³/mol. The van der Waals surface area contributed by atoms with E-state index in [9.17, 15) is 19.1 Å². The number of hydrogen-bond donors (Lipinski definition) is 2. The van der Waals surface area contributed by atoms with Crippen LogP contribution in [0.15, 0.2) is 34.7 Å². The average molecular weight is 510 g/mol. The van der Waals surface area contributed by atoms with Gasteiger partial charge < -0.3 is 14.7 Å². The van der Waals surface area contributed by atoms with Crippen molar-refractivity contribution in [3.63, 3.8) is 0 Å². The van der Waals surface area contributed by atoms with E-state index in [1.54, 1.807) is 43.1 Å². The molecule has 0 aliphatic heterocycles. The summed E-state index contributed by atoms with van der Waals surface area (Å²) in [5.74, 6) is -0.568. The highest BCUT2D eigenvalue weighted by Crippen LogP contribution is 2.37. The largest absolute Gasteiger partial charge is 0.480 e. The Labute approximate surface area is 208 Å². The number of carbonyl (C=O) groups excluding carboxylic acids is 1. The first kappa shape index (κ1) is 26.4. The molecular formula is C24H32FN3O4S2. The first-order valence-corrected chi connectivity index (χ1v) is 13.1. The van der Waals surface area contributed by atoms with Crippen LogP contribution in [0.5, 0.6) is 0 Å². The Hall–Kier alpha value is -2.17. The van der Waals surface area contributed by atoms with E-state index in [-0.39, 0.29) is 24.5 Å². The van der Waals surface area contributed by atoms with Crippen molar-refractivity contribution in [1.82, 2.24) is 9.88 Å². The van der Waals surface area contributed by atoms with Crippen LogP contribution in [0.3, 0.4) is 0 Å². The lowest BCUT2D eigenvalue weighted by molar-refractivity contribution is -0.138. The third kappa shape index (κ3) is 7.41. The molecule has 1 saturated carbocycles. The number of nitrogens with zero attached hydrogens (tertiary/aromatic N) is 2. The van der Waals surface area contributed by atoms with E-state index in [0.29, 0.717) is 34.0 Å². The van der Waals surface area contributed by atoms with Gasteiger partial charge in [-0.05, 0) is 51.5 Å². The van der Waals surface area contributed by atoms with Crippen LogP contribution in [-0.4, -0.2) is 50.9 Å². The van der Waals surface area contributed by atoms with Gasteiger partial charge >= 0.3 is 12.0 Å². The first-order chi connectivity index (χ1) is 16.2. The number of carbonyl (C=O) groups is 2. The zero-order valence-electron chi connectivity index (χ0n) is 19.8. The number of hydrogen-bond acceptors (Lipinski definition) is 6. The van der Waals surface area contributed by atoms with Crippen LogP contribution in [0.25, 0.3) is 0 Å². The molecule has 1 fully saturated rings. The van der Waals surface area contributed by atoms with Gasteiger partial charge in [-0.2, -0.15) is 0 Å². The quantitative estimate of drug-likeness (QED) is 0.308. The van der Waals surface area contributed by atoms with Gasteiger partial charge in [0.05, 0.1) is 23.6 Å². The smallest absolute Gasteiger partial charge is 0.323 e. The summed E-state index contributed by atoms with van der Waals surface area (Å²) in [6.07, 6.45) is 5.56. The maximum atomic E-state index is 13.8. The summed E-state index contributed by atoms with van der Waals surface area (Å²) in [5, 5.41) is 12.6. The van der Waals surface area contributed by atoms with Gasteiger partial charge in [-0.25, -0.2) is 14.2 Å². The van der Waals surface area contributed by atoms with E-state index in [1.165, 1.54) is 29.2 Å². The third-order valence-electron chi connectivity index (χ3n) is 5.95. The van der Waals surface area contributed by atoms with E-state index in [1.807, 2.05) is 0 Å². The monoisotopic (exact) mass is 509 g/mol. The minimum atomic E-state index is -0.992. The Morgan fingerprint density at radius 1 is 1.29 bits per heavy atom. The standard InChI is InChI=1S/C24H32FN3O4S2/c1-16-8-10-18(11-9-16)28(12-13-32-15-17-6-4-5-7-19(17)25)23(31)27-22-26-14-20(33-22)34-24(2,3)21(29)30/h4-7,14,16,18H,8-13,15H2,1-3H3,(H,29,30)(H,26,27,31)/t16-,18-. The minimum Gasteiger partial charge on any atom is -0.480 e. The molecule has 1 aromatic carbocycles. The number of benzene rings is 1. The predicted octanol–water partition coefficient (Wildman–Crippen LogP) is 5.87. The average Bonchev–Trinajstić information content (AvgIpc) is 3.21. The topological polar surface area (TPSA) is 91.8 Å². The number of carboxylic acids is 1. The Bertz CT molecular complexity index is 977. The Morgan fingerprint density at radius 2 is 2.00 bits per heavy atom. The summed E-state index contributed by atoms with van der Waals surface area (Å²) >= 11 is 2.45. The van der Waals surface area contributed by atoms with Crippen molar-refractivity contribution in [2.45, 2.75) is 68.1 Å². The number of rotatable bonds is 10. The number of carboxylic acid groups (broad SMARTS) is 1. The maximum Gasteiger partial charge on any atom is 0.323 e. The van der Waals surface area contributed by atoms with Crippen LogP contribution in [0.1, 0.15) is 52.0 Å². The molecular weight excluding hydrogens is 477 g/mol. The highest BCUT2D eigenvalue weighted by atomic mass is 32.2. The summed E-state index contributed by atoms with van der Waals surface area (Å²) in [7, 11) is 0. The van der Waals surface area contributed by atoms with E-state index in [4.69, 9.17) is 4.74 Å². The summed E-state index contributed by atoms with van der Waals surface area (Å²) < 4.78 is 19.2. The number of nitrogens with one attached hydrogen (secondary N) is 1. The molecule has 1 heterocycles. The summed E-state index contributed by atoms with van der Waals surface area (Å²) in [5.41, 5.74) is 0.488. The van der Waals surface area contributed by atoms with Crippen molar-refractivity contribution >= 4 is 40.2 Å². The van der Waals surface area contributed by atoms with Crippen molar-refractivity contribution in [2.75, 3.05) is 18.5 Å². The fraction of sp³-hybridized carbons (Fsp3) is 0.542. The van der Waals surface area contributed by atoms with Crippen LogP contribution in [0.2, 0.25) is 0 Å². The number of anilines is 1. The number of aliphatic carboxylic acids is 1. The number of urea groups is 1. The van der Waals surface area contributed by atoms with Crippen LogP contribution in [0.4, 0.5) is 14.3 Å². The Balaban J connectivity index is 1.60. The zero-order chi connectivity index (χ0) is 24.7. The van der Waals surface area contributed by atoms with Gasteiger partial charge in [0.1, 0.15) is 10.6 Å². The summed E-state index contributed by atoms with van der Waals surface area (Å²) in [6, 6.07) is 6.35. The summed E-state index contributed by atoms with van der Waals surface area (Å²) in [4.78, 5) is 30.6. The molecule has 1 aliphatic carbocycles. The summed E-state index contributed by atoms with van der Waals surface area (Å²) in [6.45, 7) is 6.32. The van der Waals surface area contributed by atoms with E-state index in [0.717, 1.165) is 25.7 Å². The van der Waals surface area contributed by atoms with Crippen molar-refractivity contribution in [3.05, 3.63) is 41.8 Å². The van der Waals surface area contributed by atoms with Gasteiger partial charge in [0.25, 0.3) is 0 Å². The van der Waals surface area contributed by atoms with E-state index < -0.39 is 10.7 Å². The lowest BCUT2D eigenvalue weighted by Gasteiger charge is -2.36. The molecule has 10 heteroatoms. The lowest BCUT2D eigenvalue weighted by Crippen LogP contribution is -2.46. The molecule has 3 rings (SSSR count). The molecule has 2 amide bonds. The molecule has 0 unspecified atom stereocenters. The minimum absolute atomic E-state index is 0.105. The highest BCUT2D eigenvalue weighted by Gasteiger charge is 2.30.